The maximum atomic E-state index is 5.26. The zero-order chi connectivity index (χ0) is 38.0. The van der Waals surface area contributed by atoms with Gasteiger partial charge in [0.25, 0.3) is 0 Å². The van der Waals surface area contributed by atoms with Gasteiger partial charge in [0.15, 0.2) is 17.5 Å². The number of benzene rings is 8. The molecule has 268 valence electrons. The zero-order valence-corrected chi connectivity index (χ0v) is 32.1. The number of hydrogen-bond donors (Lipinski definition) is 0. The first-order chi connectivity index (χ1) is 27.2. The average molecular weight is 720 g/mol. The summed E-state index contributed by atoms with van der Waals surface area (Å²) in [6.45, 7) is 9.51. The van der Waals surface area contributed by atoms with Gasteiger partial charge in [0.05, 0.1) is 0 Å². The maximum absolute atomic E-state index is 5.26. The molecule has 0 saturated carbocycles. The Balaban J connectivity index is 1.14. The summed E-state index contributed by atoms with van der Waals surface area (Å²) in [5, 5.41) is 4.64. The van der Waals surface area contributed by atoms with Gasteiger partial charge < -0.3 is 0 Å². The predicted octanol–water partition coefficient (Wildman–Crippen LogP) is 13.7. The Morgan fingerprint density at radius 2 is 0.750 bits per heavy atom. The molecule has 0 radical (unpaired) electrons. The van der Waals surface area contributed by atoms with E-state index in [4.69, 9.17) is 15.0 Å². The molecule has 0 aliphatic heterocycles. The largest absolute Gasteiger partial charge is 0.208 e. The predicted molar refractivity (Wildman–Crippen MR) is 234 cm³/mol. The van der Waals surface area contributed by atoms with E-state index >= 15 is 0 Å². The van der Waals surface area contributed by atoms with Gasteiger partial charge >= 0.3 is 0 Å². The third-order valence-electron chi connectivity index (χ3n) is 12.5. The lowest BCUT2D eigenvalue weighted by Crippen LogP contribution is -2.43. The van der Waals surface area contributed by atoms with E-state index in [-0.39, 0.29) is 10.8 Å². The van der Waals surface area contributed by atoms with Crippen LogP contribution in [-0.2, 0) is 10.8 Å². The lowest BCUT2D eigenvalue weighted by atomic mass is 9.55. The summed E-state index contributed by atoms with van der Waals surface area (Å²) in [7, 11) is 0. The van der Waals surface area contributed by atoms with Crippen LogP contribution in [-0.4, -0.2) is 15.0 Å². The molecule has 1 aliphatic rings. The molecule has 3 nitrogen and oxygen atoms in total. The number of aromatic nitrogens is 3. The first kappa shape index (κ1) is 33.8. The lowest BCUT2D eigenvalue weighted by Gasteiger charge is -2.48. The normalized spacial score (nSPS) is 14.0. The highest BCUT2D eigenvalue weighted by molar-refractivity contribution is 5.92. The smallest absolute Gasteiger partial charge is 0.164 e. The molecule has 1 heterocycles. The van der Waals surface area contributed by atoms with E-state index in [1.54, 1.807) is 0 Å². The number of nitrogens with zero attached hydrogens (tertiary/aromatic N) is 3. The Bertz CT molecular complexity index is 2980. The number of rotatable bonds is 5. The molecule has 9 aromatic rings. The Hall–Kier alpha value is -6.71. The summed E-state index contributed by atoms with van der Waals surface area (Å²) in [5.41, 5.74) is 12.8. The molecule has 0 bridgehead atoms. The Morgan fingerprint density at radius 1 is 0.286 bits per heavy atom. The minimum atomic E-state index is -0.0599. The van der Waals surface area contributed by atoms with Crippen LogP contribution in [0.3, 0.4) is 0 Å². The molecule has 0 amide bonds. The van der Waals surface area contributed by atoms with Crippen LogP contribution in [0.15, 0.2) is 176 Å². The Labute approximate surface area is 328 Å². The molecule has 10 rings (SSSR count). The summed E-state index contributed by atoms with van der Waals surface area (Å²) in [6.07, 6.45) is 0. The van der Waals surface area contributed by atoms with Crippen molar-refractivity contribution in [3.8, 4) is 67.5 Å². The second kappa shape index (κ2) is 13.0. The van der Waals surface area contributed by atoms with Gasteiger partial charge in [0.2, 0.25) is 0 Å². The van der Waals surface area contributed by atoms with Crippen LogP contribution in [0.5, 0.6) is 0 Å². The molecule has 0 fully saturated rings. The first-order valence-corrected chi connectivity index (χ1v) is 19.4. The third kappa shape index (κ3) is 5.54. The van der Waals surface area contributed by atoms with Crippen LogP contribution in [0.4, 0.5) is 0 Å². The molecule has 0 N–H and O–H groups in total. The summed E-state index contributed by atoms with van der Waals surface area (Å²) < 4.78 is 0. The van der Waals surface area contributed by atoms with Crippen LogP contribution in [0, 0.1) is 0 Å². The topological polar surface area (TPSA) is 38.7 Å². The molecule has 1 aromatic heterocycles. The van der Waals surface area contributed by atoms with Crippen LogP contribution in [0.25, 0.3) is 89.1 Å². The molecule has 1 aliphatic carbocycles. The molecule has 0 unspecified atom stereocenters. The molecule has 0 atom stereocenters. The standard InChI is InChI=1S/C53H41N3/c1-52(2)47-21-13-12-19-44(47)46-33-40(28-29-48(46)53(52,3)4)43-18-10-11-20-45(43)51-55-49(41-26-22-35-16-8-9-17-36(35)31-41)54-50(56-51)42-27-25-38-30-37(23-24-39(38)32-42)34-14-6-5-7-15-34/h5-33H,1-4H3. The van der Waals surface area contributed by atoms with Crippen molar-refractivity contribution < 1.29 is 0 Å². The average Bonchev–Trinajstić information content (AvgIpc) is 3.25. The highest BCUT2D eigenvalue weighted by atomic mass is 15.0. The molecule has 0 saturated heterocycles. The van der Waals surface area contributed by atoms with Crippen molar-refractivity contribution in [1.82, 2.24) is 15.0 Å². The number of fused-ring (bicyclic) bond motifs is 5. The minimum Gasteiger partial charge on any atom is -0.208 e. The van der Waals surface area contributed by atoms with Crippen molar-refractivity contribution in [3.63, 3.8) is 0 Å². The number of hydrogen-bond acceptors (Lipinski definition) is 3. The van der Waals surface area contributed by atoms with E-state index < -0.39 is 0 Å². The van der Waals surface area contributed by atoms with E-state index in [9.17, 15) is 0 Å². The fourth-order valence-corrected chi connectivity index (χ4v) is 8.62. The molecule has 8 aromatic carbocycles. The summed E-state index contributed by atoms with van der Waals surface area (Å²) in [5.74, 6) is 1.94. The second-order valence-electron chi connectivity index (χ2n) is 16.1. The summed E-state index contributed by atoms with van der Waals surface area (Å²) in [6, 6.07) is 63.0. The van der Waals surface area contributed by atoms with E-state index in [1.807, 2.05) is 0 Å². The molecular weight excluding hydrogens is 679 g/mol. The third-order valence-corrected chi connectivity index (χ3v) is 12.5. The highest BCUT2D eigenvalue weighted by Crippen LogP contribution is 2.54. The summed E-state index contributed by atoms with van der Waals surface area (Å²) in [4.78, 5) is 15.7. The molecular formula is C53H41N3. The monoisotopic (exact) mass is 719 g/mol. The Morgan fingerprint density at radius 3 is 1.45 bits per heavy atom. The summed E-state index contributed by atoms with van der Waals surface area (Å²) >= 11 is 0. The van der Waals surface area contributed by atoms with E-state index in [0.29, 0.717) is 17.5 Å². The Kier molecular flexibility index (Phi) is 7.83. The van der Waals surface area contributed by atoms with Gasteiger partial charge in [-0.1, -0.05) is 179 Å². The maximum Gasteiger partial charge on any atom is 0.164 e. The van der Waals surface area contributed by atoms with Gasteiger partial charge in [0.1, 0.15) is 0 Å². The van der Waals surface area contributed by atoms with Crippen LogP contribution < -0.4 is 0 Å². The SMILES string of the molecule is CC1(C)c2ccccc2-c2cc(-c3ccccc3-c3nc(-c4ccc5ccccc5c4)nc(-c4ccc5cc(-c6ccccc6)ccc5c4)n3)ccc2C1(C)C. The fourth-order valence-electron chi connectivity index (χ4n) is 8.62. The van der Waals surface area contributed by atoms with Crippen LogP contribution in [0.2, 0.25) is 0 Å². The zero-order valence-electron chi connectivity index (χ0n) is 32.1. The molecule has 56 heavy (non-hydrogen) atoms. The van der Waals surface area contributed by atoms with Gasteiger partial charge in [-0.25, -0.2) is 15.0 Å². The fraction of sp³-hybridized carbons (Fsp3) is 0.113. The van der Waals surface area contributed by atoms with Crippen molar-refractivity contribution in [2.45, 2.75) is 38.5 Å². The van der Waals surface area contributed by atoms with Gasteiger partial charge in [-0.05, 0) is 101 Å². The first-order valence-electron chi connectivity index (χ1n) is 19.4. The van der Waals surface area contributed by atoms with Crippen molar-refractivity contribution in [3.05, 3.63) is 187 Å². The minimum absolute atomic E-state index is 0.0244. The van der Waals surface area contributed by atoms with E-state index in [2.05, 4.69) is 204 Å². The molecule has 3 heteroatoms. The molecule has 0 spiro atoms. The van der Waals surface area contributed by atoms with Gasteiger partial charge in [-0.15, -0.1) is 0 Å². The van der Waals surface area contributed by atoms with Gasteiger partial charge in [-0.2, -0.15) is 0 Å². The van der Waals surface area contributed by atoms with Gasteiger partial charge in [0, 0.05) is 16.7 Å². The van der Waals surface area contributed by atoms with Crippen molar-refractivity contribution >= 4 is 21.5 Å². The van der Waals surface area contributed by atoms with E-state index in [1.165, 1.54) is 44.2 Å². The van der Waals surface area contributed by atoms with Crippen molar-refractivity contribution in [2.75, 3.05) is 0 Å². The van der Waals surface area contributed by atoms with Crippen molar-refractivity contribution in [1.29, 1.82) is 0 Å². The highest BCUT2D eigenvalue weighted by Gasteiger charge is 2.45. The quantitative estimate of drug-likeness (QED) is 0.178. The van der Waals surface area contributed by atoms with E-state index in [0.717, 1.165) is 38.6 Å². The van der Waals surface area contributed by atoms with Gasteiger partial charge in [-0.3, -0.25) is 0 Å². The lowest BCUT2D eigenvalue weighted by molar-refractivity contribution is 0.299. The van der Waals surface area contributed by atoms with Crippen LogP contribution in [0.1, 0.15) is 38.8 Å². The second-order valence-corrected chi connectivity index (χ2v) is 16.1. The van der Waals surface area contributed by atoms with Crippen LogP contribution >= 0.6 is 0 Å². The van der Waals surface area contributed by atoms with Crippen molar-refractivity contribution in [2.24, 2.45) is 0 Å².